The zero-order valence-electron chi connectivity index (χ0n) is 4.31. The normalized spacial score (nSPS) is 7.00. The fraction of sp³-hybridized carbons (Fsp3) is 0.667. The van der Waals surface area contributed by atoms with Crippen LogP contribution in [0.5, 0.6) is 0 Å². The maximum atomic E-state index is 5.10. The minimum absolute atomic E-state index is 0. The van der Waals surface area contributed by atoms with Crippen molar-refractivity contribution in [3.63, 3.8) is 0 Å². The van der Waals surface area contributed by atoms with E-state index in [1.165, 1.54) is 11.8 Å². The molecule has 1 nitrogen and oxygen atoms in total. The maximum absolute atomic E-state index is 5.10. The average molecular weight is 187 g/mol. The van der Waals surface area contributed by atoms with E-state index >= 15 is 0 Å². The first-order valence-electron chi connectivity index (χ1n) is 1.69. The van der Waals surface area contributed by atoms with Gasteiger partial charge >= 0.3 is 0 Å². The SMILES string of the molecule is CCSC(N)=S.[Zn]. The monoisotopic (exact) mass is 185 g/mol. The van der Waals surface area contributed by atoms with Crippen molar-refractivity contribution < 1.29 is 19.5 Å². The molecule has 2 N–H and O–H groups in total. The molecule has 0 aromatic carbocycles. The van der Waals surface area contributed by atoms with Crippen LogP contribution in [0.2, 0.25) is 0 Å². The van der Waals surface area contributed by atoms with Gasteiger partial charge in [0.05, 0.1) is 0 Å². The molecule has 0 saturated heterocycles. The average Bonchev–Trinajstić information content (AvgIpc) is 1.35. The number of hydrogen-bond acceptors (Lipinski definition) is 2. The fourth-order valence-corrected chi connectivity index (χ4v) is 0.780. The largest absolute Gasteiger partial charge is 0.385 e. The standard InChI is InChI=1S/C3H7NS2.Zn/c1-2-6-3(4)5;/h2H2,1H3,(H2,4,5);. The number of thioether (sulfide) groups is 1. The molecule has 0 heterocycles. The van der Waals surface area contributed by atoms with Crippen LogP contribution < -0.4 is 5.73 Å². The minimum atomic E-state index is 0. The van der Waals surface area contributed by atoms with Crippen LogP contribution >= 0.6 is 24.0 Å². The number of rotatable bonds is 1. The summed E-state index contributed by atoms with van der Waals surface area (Å²) in [4.78, 5) is 0. The summed E-state index contributed by atoms with van der Waals surface area (Å²) in [6.07, 6.45) is 0. The van der Waals surface area contributed by atoms with Crippen LogP contribution in [0.3, 0.4) is 0 Å². The van der Waals surface area contributed by atoms with Crippen LogP contribution in [-0.4, -0.2) is 10.1 Å². The zero-order valence-corrected chi connectivity index (χ0v) is 8.91. The van der Waals surface area contributed by atoms with Crippen molar-refractivity contribution in [3.05, 3.63) is 0 Å². The molecule has 0 bridgehead atoms. The summed E-state index contributed by atoms with van der Waals surface area (Å²) in [6, 6.07) is 0. The minimum Gasteiger partial charge on any atom is -0.385 e. The van der Waals surface area contributed by atoms with Crippen LogP contribution in [0.1, 0.15) is 6.92 Å². The summed E-state index contributed by atoms with van der Waals surface area (Å²) < 4.78 is 0.539. The first kappa shape index (κ1) is 10.8. The van der Waals surface area contributed by atoms with E-state index in [4.69, 9.17) is 5.73 Å². The molecule has 0 aliphatic rings. The molecular formula is C3H7NS2Zn. The second kappa shape index (κ2) is 6.86. The summed E-state index contributed by atoms with van der Waals surface area (Å²) in [5.74, 6) is 0.981. The van der Waals surface area contributed by atoms with Crippen molar-refractivity contribution in [3.8, 4) is 0 Å². The van der Waals surface area contributed by atoms with E-state index in [1.54, 1.807) is 0 Å². The Labute approximate surface area is 66.2 Å². The number of hydrogen-bond donors (Lipinski definition) is 1. The van der Waals surface area contributed by atoms with Gasteiger partial charge in [-0.05, 0) is 5.75 Å². The Balaban J connectivity index is 0. The topological polar surface area (TPSA) is 26.0 Å². The number of nitrogens with two attached hydrogens (primary N) is 1. The molecule has 38 valence electrons. The van der Waals surface area contributed by atoms with Gasteiger partial charge in [0.25, 0.3) is 0 Å². The van der Waals surface area contributed by atoms with Crippen molar-refractivity contribution in [1.29, 1.82) is 0 Å². The van der Waals surface area contributed by atoms with Crippen LogP contribution in [0.25, 0.3) is 0 Å². The van der Waals surface area contributed by atoms with Gasteiger partial charge in [-0.1, -0.05) is 30.9 Å². The van der Waals surface area contributed by atoms with Crippen LogP contribution in [0.4, 0.5) is 0 Å². The third kappa shape index (κ3) is 10.9. The molecule has 0 unspecified atom stereocenters. The van der Waals surface area contributed by atoms with Gasteiger partial charge < -0.3 is 5.73 Å². The summed E-state index contributed by atoms with van der Waals surface area (Å²) in [7, 11) is 0. The van der Waals surface area contributed by atoms with Crippen molar-refractivity contribution in [2.75, 3.05) is 5.75 Å². The Morgan fingerprint density at radius 3 is 2.29 bits per heavy atom. The van der Waals surface area contributed by atoms with Gasteiger partial charge in [-0.2, -0.15) is 0 Å². The van der Waals surface area contributed by atoms with Gasteiger partial charge in [-0.15, -0.1) is 0 Å². The molecule has 0 rings (SSSR count). The Morgan fingerprint density at radius 1 is 1.86 bits per heavy atom. The predicted octanol–water partition coefficient (Wildman–Crippen LogP) is 0.981. The smallest absolute Gasteiger partial charge is 0.131 e. The van der Waals surface area contributed by atoms with Crippen molar-refractivity contribution in [2.24, 2.45) is 5.73 Å². The molecule has 0 amide bonds. The van der Waals surface area contributed by atoms with Crippen molar-refractivity contribution >= 4 is 28.3 Å². The third-order valence-corrected chi connectivity index (χ3v) is 1.21. The second-order valence-electron chi connectivity index (χ2n) is 0.752. The van der Waals surface area contributed by atoms with Gasteiger partial charge in [0.1, 0.15) is 4.32 Å². The Hall–Kier alpha value is 0.863. The number of thiocarbonyl (C=S) groups is 1. The molecule has 7 heavy (non-hydrogen) atoms. The van der Waals surface area contributed by atoms with E-state index in [0.717, 1.165) is 5.75 Å². The summed E-state index contributed by atoms with van der Waals surface area (Å²) in [5, 5.41) is 0. The summed E-state index contributed by atoms with van der Waals surface area (Å²) in [6.45, 7) is 2.02. The molecular weight excluding hydrogens is 180 g/mol. The fourth-order valence-electron chi connectivity index (χ4n) is 0.142. The van der Waals surface area contributed by atoms with Gasteiger partial charge in [0.2, 0.25) is 0 Å². The predicted molar refractivity (Wildman–Crippen MR) is 34.9 cm³/mol. The van der Waals surface area contributed by atoms with Crippen LogP contribution in [-0.2, 0) is 19.5 Å². The molecule has 0 aromatic heterocycles. The van der Waals surface area contributed by atoms with Crippen LogP contribution in [0.15, 0.2) is 0 Å². The molecule has 0 spiro atoms. The quantitative estimate of drug-likeness (QED) is 0.489. The van der Waals surface area contributed by atoms with E-state index < -0.39 is 0 Å². The van der Waals surface area contributed by atoms with Gasteiger partial charge in [0.15, 0.2) is 0 Å². The van der Waals surface area contributed by atoms with Crippen molar-refractivity contribution in [1.82, 2.24) is 0 Å². The molecule has 0 aliphatic heterocycles. The first-order chi connectivity index (χ1) is 2.77. The van der Waals surface area contributed by atoms with Crippen molar-refractivity contribution in [2.45, 2.75) is 6.92 Å². The molecule has 0 aromatic rings. The van der Waals surface area contributed by atoms with E-state index in [2.05, 4.69) is 12.2 Å². The van der Waals surface area contributed by atoms with Gasteiger partial charge in [0, 0.05) is 19.5 Å². The van der Waals surface area contributed by atoms with E-state index in [1.807, 2.05) is 6.92 Å². The molecule has 0 fully saturated rings. The van der Waals surface area contributed by atoms with E-state index in [9.17, 15) is 0 Å². The molecule has 0 aliphatic carbocycles. The maximum Gasteiger partial charge on any atom is 0.131 e. The van der Waals surface area contributed by atoms with E-state index in [0.29, 0.717) is 4.32 Å². The molecule has 0 saturated carbocycles. The molecule has 0 atom stereocenters. The molecule has 0 radical (unpaired) electrons. The first-order valence-corrected chi connectivity index (χ1v) is 3.09. The Bertz CT molecular complexity index is 56.9. The summed E-state index contributed by atoms with van der Waals surface area (Å²) >= 11 is 6.03. The van der Waals surface area contributed by atoms with Gasteiger partial charge in [-0.3, -0.25) is 0 Å². The van der Waals surface area contributed by atoms with E-state index in [-0.39, 0.29) is 19.5 Å². The zero-order chi connectivity index (χ0) is 4.99. The third-order valence-electron chi connectivity index (χ3n) is 0.287. The second-order valence-corrected chi connectivity index (χ2v) is 2.76. The Kier molecular flexibility index (Phi) is 10.6. The van der Waals surface area contributed by atoms with Crippen LogP contribution in [0, 0.1) is 0 Å². The Morgan fingerprint density at radius 2 is 2.29 bits per heavy atom. The van der Waals surface area contributed by atoms with Gasteiger partial charge in [-0.25, -0.2) is 0 Å². The summed E-state index contributed by atoms with van der Waals surface area (Å²) in [5.41, 5.74) is 5.10. The molecule has 4 heteroatoms.